The average Bonchev–Trinajstić information content (AvgIpc) is 2.74. The third kappa shape index (κ3) is 4.53. The topological polar surface area (TPSA) is 46.6 Å². The second kappa shape index (κ2) is 7.18. The average molecular weight is 349 g/mol. The number of benzene rings is 1. The van der Waals surface area contributed by atoms with Crippen LogP contribution in [0.15, 0.2) is 12.1 Å². The predicted molar refractivity (Wildman–Crippen MR) is 98.0 cm³/mol. The molecular weight excluding hydrogens is 322 g/mol. The summed E-state index contributed by atoms with van der Waals surface area (Å²) in [6.45, 7) is 12.2. The van der Waals surface area contributed by atoms with E-state index in [-0.39, 0.29) is 23.7 Å². The molecule has 2 rings (SSSR count). The molecule has 5 heteroatoms. The van der Waals surface area contributed by atoms with Gasteiger partial charge in [0.05, 0.1) is 12.2 Å². The van der Waals surface area contributed by atoms with Crippen LogP contribution in [0, 0.1) is 20.8 Å². The molecule has 0 aliphatic carbocycles. The molecule has 1 unspecified atom stereocenters. The van der Waals surface area contributed by atoms with Crippen LogP contribution in [-0.4, -0.2) is 34.7 Å². The van der Waals surface area contributed by atoms with Crippen LogP contribution in [0.4, 0.5) is 0 Å². The van der Waals surface area contributed by atoms with Crippen LogP contribution in [-0.2, 0) is 14.3 Å². The van der Waals surface area contributed by atoms with Gasteiger partial charge in [-0.15, -0.1) is 11.8 Å². The van der Waals surface area contributed by atoms with E-state index in [1.54, 1.807) is 11.8 Å². The Morgan fingerprint density at radius 3 is 2.38 bits per heavy atom. The van der Waals surface area contributed by atoms with Crippen LogP contribution < -0.4 is 0 Å². The second-order valence-electron chi connectivity index (χ2n) is 7.40. The third-order valence-corrected chi connectivity index (χ3v) is 5.15. The van der Waals surface area contributed by atoms with E-state index >= 15 is 0 Å². The van der Waals surface area contributed by atoms with Crippen molar-refractivity contribution in [2.75, 3.05) is 12.3 Å². The molecule has 1 aromatic rings. The molecule has 1 amide bonds. The van der Waals surface area contributed by atoms with Gasteiger partial charge in [0.15, 0.2) is 0 Å². The standard InChI is InChI=1S/C19H27NO3S/c1-12-9-13(2)17(14(3)10-12)18-20(15(21)11-24-18)8-7-16(22)23-19(4,5)6/h9-10,18H,7-8,11H2,1-6H3. The Labute approximate surface area is 148 Å². The first-order chi connectivity index (χ1) is 11.1. The number of aryl methyl sites for hydroxylation is 3. The van der Waals surface area contributed by atoms with Crippen LogP contribution in [0.5, 0.6) is 0 Å². The number of thioether (sulfide) groups is 1. The number of amides is 1. The van der Waals surface area contributed by atoms with Gasteiger partial charge in [-0.2, -0.15) is 0 Å². The fraction of sp³-hybridized carbons (Fsp3) is 0.579. The Morgan fingerprint density at radius 1 is 1.25 bits per heavy atom. The van der Waals surface area contributed by atoms with Gasteiger partial charge < -0.3 is 9.64 Å². The normalized spacial score (nSPS) is 18.2. The third-order valence-electron chi connectivity index (χ3n) is 3.93. The largest absolute Gasteiger partial charge is 0.460 e. The first-order valence-corrected chi connectivity index (χ1v) is 9.34. The number of hydrogen-bond acceptors (Lipinski definition) is 4. The molecule has 1 heterocycles. The van der Waals surface area contributed by atoms with E-state index in [1.165, 1.54) is 22.3 Å². The molecule has 4 nitrogen and oxygen atoms in total. The monoisotopic (exact) mass is 349 g/mol. The first kappa shape index (κ1) is 18.8. The number of ether oxygens (including phenoxy) is 1. The summed E-state index contributed by atoms with van der Waals surface area (Å²) >= 11 is 1.63. The van der Waals surface area contributed by atoms with Gasteiger partial charge in [-0.1, -0.05) is 17.7 Å². The summed E-state index contributed by atoms with van der Waals surface area (Å²) in [4.78, 5) is 26.1. The van der Waals surface area contributed by atoms with Crippen molar-refractivity contribution in [1.82, 2.24) is 4.90 Å². The minimum absolute atomic E-state index is 0.0134. The minimum Gasteiger partial charge on any atom is -0.460 e. The van der Waals surface area contributed by atoms with E-state index < -0.39 is 5.60 Å². The molecule has 0 aromatic heterocycles. The van der Waals surface area contributed by atoms with Gasteiger partial charge in [0.2, 0.25) is 5.91 Å². The number of hydrogen-bond donors (Lipinski definition) is 0. The quantitative estimate of drug-likeness (QED) is 0.773. The molecule has 1 saturated heterocycles. The van der Waals surface area contributed by atoms with Crippen molar-refractivity contribution in [3.63, 3.8) is 0 Å². The first-order valence-electron chi connectivity index (χ1n) is 8.29. The highest BCUT2D eigenvalue weighted by Crippen LogP contribution is 2.41. The molecule has 24 heavy (non-hydrogen) atoms. The number of esters is 1. The molecule has 132 valence electrons. The summed E-state index contributed by atoms with van der Waals surface area (Å²) in [5.41, 5.74) is 4.32. The van der Waals surface area contributed by atoms with Crippen molar-refractivity contribution in [3.05, 3.63) is 34.4 Å². The lowest BCUT2D eigenvalue weighted by atomic mass is 9.99. The predicted octanol–water partition coefficient (Wildman–Crippen LogP) is 3.92. The Bertz CT molecular complexity index is 625. The SMILES string of the molecule is Cc1cc(C)c(C2SCC(=O)N2CCC(=O)OC(C)(C)C)c(C)c1. The highest BCUT2D eigenvalue weighted by atomic mass is 32.2. The Morgan fingerprint density at radius 2 is 1.83 bits per heavy atom. The van der Waals surface area contributed by atoms with Gasteiger partial charge in [-0.25, -0.2) is 0 Å². The van der Waals surface area contributed by atoms with Crippen molar-refractivity contribution in [2.24, 2.45) is 0 Å². The summed E-state index contributed by atoms with van der Waals surface area (Å²) in [5.74, 6) is 0.294. The number of carbonyl (C=O) groups is 2. The van der Waals surface area contributed by atoms with Crippen LogP contribution in [0.1, 0.15) is 54.8 Å². The molecular formula is C19H27NO3S. The van der Waals surface area contributed by atoms with E-state index in [0.29, 0.717) is 12.3 Å². The van der Waals surface area contributed by atoms with Crippen LogP contribution in [0.25, 0.3) is 0 Å². The van der Waals surface area contributed by atoms with Crippen LogP contribution in [0.2, 0.25) is 0 Å². The molecule has 0 saturated carbocycles. The maximum Gasteiger partial charge on any atom is 0.308 e. The van der Waals surface area contributed by atoms with Gasteiger partial charge >= 0.3 is 5.97 Å². The number of carbonyl (C=O) groups excluding carboxylic acids is 2. The minimum atomic E-state index is -0.496. The van der Waals surface area contributed by atoms with Gasteiger partial charge in [0, 0.05) is 6.54 Å². The van der Waals surface area contributed by atoms with Gasteiger partial charge in [0.1, 0.15) is 11.0 Å². The summed E-state index contributed by atoms with van der Waals surface area (Å²) in [6, 6.07) is 4.30. The summed E-state index contributed by atoms with van der Waals surface area (Å²) in [5, 5.41) is -0.0134. The zero-order valence-corrected chi connectivity index (χ0v) is 16.3. The molecule has 1 atom stereocenters. The summed E-state index contributed by atoms with van der Waals surface area (Å²) < 4.78 is 5.35. The maximum absolute atomic E-state index is 12.3. The van der Waals surface area contributed by atoms with Crippen LogP contribution >= 0.6 is 11.8 Å². The van der Waals surface area contributed by atoms with Crippen molar-refractivity contribution in [3.8, 4) is 0 Å². The fourth-order valence-electron chi connectivity index (χ4n) is 3.12. The lowest BCUT2D eigenvalue weighted by molar-refractivity contribution is -0.155. The Hall–Kier alpha value is -1.49. The molecule has 1 aromatic carbocycles. The molecule has 0 radical (unpaired) electrons. The second-order valence-corrected chi connectivity index (χ2v) is 8.47. The number of nitrogens with zero attached hydrogens (tertiary/aromatic N) is 1. The zero-order chi connectivity index (χ0) is 18.1. The van der Waals surface area contributed by atoms with Gasteiger partial charge in [-0.3, -0.25) is 9.59 Å². The summed E-state index contributed by atoms with van der Waals surface area (Å²) in [7, 11) is 0. The van der Waals surface area contributed by atoms with E-state index in [4.69, 9.17) is 4.74 Å². The van der Waals surface area contributed by atoms with Crippen LogP contribution in [0.3, 0.4) is 0 Å². The molecule has 0 N–H and O–H groups in total. The lowest BCUT2D eigenvalue weighted by Crippen LogP contribution is -2.33. The highest BCUT2D eigenvalue weighted by molar-refractivity contribution is 8.00. The smallest absolute Gasteiger partial charge is 0.308 e. The van der Waals surface area contributed by atoms with E-state index in [1.807, 2.05) is 25.7 Å². The van der Waals surface area contributed by atoms with E-state index in [2.05, 4.69) is 32.9 Å². The lowest BCUT2D eigenvalue weighted by Gasteiger charge is -2.27. The van der Waals surface area contributed by atoms with Crippen molar-refractivity contribution < 1.29 is 14.3 Å². The molecule has 1 aliphatic rings. The maximum atomic E-state index is 12.3. The molecule has 1 aliphatic heterocycles. The van der Waals surface area contributed by atoms with Crippen molar-refractivity contribution >= 4 is 23.6 Å². The van der Waals surface area contributed by atoms with E-state index in [9.17, 15) is 9.59 Å². The molecule has 0 spiro atoms. The van der Waals surface area contributed by atoms with Gasteiger partial charge in [-0.05, 0) is 58.2 Å². The molecule has 0 bridgehead atoms. The van der Waals surface area contributed by atoms with E-state index in [0.717, 1.165) is 0 Å². The fourth-order valence-corrected chi connectivity index (χ4v) is 4.53. The molecule has 1 fully saturated rings. The Balaban J connectivity index is 2.14. The van der Waals surface area contributed by atoms with Crippen molar-refractivity contribution in [1.29, 1.82) is 0 Å². The highest BCUT2D eigenvalue weighted by Gasteiger charge is 2.34. The van der Waals surface area contributed by atoms with Crippen molar-refractivity contribution in [2.45, 2.75) is 58.9 Å². The zero-order valence-electron chi connectivity index (χ0n) is 15.4. The van der Waals surface area contributed by atoms with Gasteiger partial charge in [0.25, 0.3) is 0 Å². The summed E-state index contributed by atoms with van der Waals surface area (Å²) in [6.07, 6.45) is 0.226. The Kier molecular flexibility index (Phi) is 5.63. The number of rotatable bonds is 4.